The van der Waals surface area contributed by atoms with Gasteiger partial charge in [-0.2, -0.15) is 5.10 Å². The first-order chi connectivity index (χ1) is 11.1. The molecular formula is C16H23BrN4OS. The van der Waals surface area contributed by atoms with Crippen molar-refractivity contribution >= 4 is 39.0 Å². The first-order valence-corrected chi connectivity index (χ1v) is 8.99. The molecule has 1 aromatic rings. The van der Waals surface area contributed by atoms with E-state index in [0.29, 0.717) is 5.11 Å². The van der Waals surface area contributed by atoms with E-state index in [1.54, 1.807) is 0 Å². The number of thiocarbonyl (C=S) groups is 1. The molecule has 0 atom stereocenters. The van der Waals surface area contributed by atoms with Crippen LogP contribution < -0.4 is 10.7 Å². The molecule has 1 aliphatic rings. The average Bonchev–Trinajstić information content (AvgIpc) is 2.58. The van der Waals surface area contributed by atoms with Gasteiger partial charge in [-0.25, -0.2) is 0 Å². The molecule has 2 rings (SSSR count). The minimum Gasteiger partial charge on any atom is -0.379 e. The van der Waals surface area contributed by atoms with Crippen LogP contribution in [0.1, 0.15) is 18.9 Å². The summed E-state index contributed by atoms with van der Waals surface area (Å²) in [7, 11) is 0. The summed E-state index contributed by atoms with van der Waals surface area (Å²) in [6.45, 7) is 7.61. The molecule has 5 nitrogen and oxygen atoms in total. The third-order valence-electron chi connectivity index (χ3n) is 3.63. The zero-order valence-electron chi connectivity index (χ0n) is 13.3. The van der Waals surface area contributed by atoms with Gasteiger partial charge in [-0.1, -0.05) is 28.1 Å². The molecule has 126 valence electrons. The van der Waals surface area contributed by atoms with E-state index >= 15 is 0 Å². The fourth-order valence-electron chi connectivity index (χ4n) is 2.26. The Morgan fingerprint density at radius 2 is 2.00 bits per heavy atom. The number of hydrogen-bond donors (Lipinski definition) is 2. The van der Waals surface area contributed by atoms with Crippen molar-refractivity contribution in [3.63, 3.8) is 0 Å². The Labute approximate surface area is 151 Å². The molecule has 0 radical (unpaired) electrons. The third-order valence-corrected chi connectivity index (χ3v) is 4.39. The maximum absolute atomic E-state index is 5.34. The van der Waals surface area contributed by atoms with E-state index in [-0.39, 0.29) is 0 Å². The van der Waals surface area contributed by atoms with Gasteiger partial charge in [0.15, 0.2) is 5.11 Å². The Morgan fingerprint density at radius 1 is 1.30 bits per heavy atom. The molecule has 0 aliphatic carbocycles. The van der Waals surface area contributed by atoms with Gasteiger partial charge in [0, 0.05) is 24.1 Å². The predicted molar refractivity (Wildman–Crippen MR) is 102 cm³/mol. The molecule has 0 aromatic heterocycles. The smallest absolute Gasteiger partial charge is 0.186 e. The van der Waals surface area contributed by atoms with E-state index in [1.165, 1.54) is 0 Å². The predicted octanol–water partition coefficient (Wildman–Crippen LogP) is 2.36. The molecule has 0 saturated carbocycles. The number of ether oxygens (including phenoxy) is 1. The fraction of sp³-hybridized carbons (Fsp3) is 0.500. The maximum Gasteiger partial charge on any atom is 0.186 e. The van der Waals surface area contributed by atoms with E-state index in [2.05, 4.69) is 36.7 Å². The first kappa shape index (κ1) is 18.3. The Morgan fingerprint density at radius 3 is 2.70 bits per heavy atom. The lowest BCUT2D eigenvalue weighted by molar-refractivity contribution is 0.0376. The Hall–Kier alpha value is -1.02. The summed E-state index contributed by atoms with van der Waals surface area (Å²) in [6.07, 6.45) is 1.05. The van der Waals surface area contributed by atoms with Gasteiger partial charge in [0.2, 0.25) is 0 Å². The van der Waals surface area contributed by atoms with Gasteiger partial charge >= 0.3 is 0 Å². The fourth-order valence-corrected chi connectivity index (χ4v) is 2.67. The average molecular weight is 399 g/mol. The molecule has 0 unspecified atom stereocenters. The van der Waals surface area contributed by atoms with Gasteiger partial charge in [0.05, 0.1) is 18.9 Å². The molecule has 1 heterocycles. The minimum absolute atomic E-state index is 0.559. The number of nitrogens with zero attached hydrogens (tertiary/aromatic N) is 2. The number of halogens is 1. The summed E-state index contributed by atoms with van der Waals surface area (Å²) in [5, 5.41) is 8.06. The summed E-state index contributed by atoms with van der Waals surface area (Å²) >= 11 is 8.67. The van der Waals surface area contributed by atoms with Gasteiger partial charge < -0.3 is 10.1 Å². The Balaban J connectivity index is 1.64. The molecule has 0 spiro atoms. The SMILES string of the molecule is C/C(=N/NC(=S)NCCCN1CCOCC1)c1ccc(Br)cc1. The van der Waals surface area contributed by atoms with E-state index in [1.807, 2.05) is 31.2 Å². The second-order valence-corrected chi connectivity index (χ2v) is 6.70. The highest BCUT2D eigenvalue weighted by atomic mass is 79.9. The second-order valence-electron chi connectivity index (χ2n) is 5.38. The van der Waals surface area contributed by atoms with Crippen LogP contribution in [0.2, 0.25) is 0 Å². The van der Waals surface area contributed by atoms with Crippen LogP contribution in [0, 0.1) is 0 Å². The van der Waals surface area contributed by atoms with Gasteiger partial charge in [-0.3, -0.25) is 10.3 Å². The number of hydrogen-bond acceptors (Lipinski definition) is 4. The minimum atomic E-state index is 0.559. The highest BCUT2D eigenvalue weighted by molar-refractivity contribution is 9.10. The summed E-state index contributed by atoms with van der Waals surface area (Å²) in [5.74, 6) is 0. The van der Waals surface area contributed by atoms with Gasteiger partial charge in [0.1, 0.15) is 0 Å². The normalized spacial score (nSPS) is 16.2. The Bertz CT molecular complexity index is 529. The number of benzene rings is 1. The van der Waals surface area contributed by atoms with Crippen molar-refractivity contribution in [2.24, 2.45) is 5.10 Å². The van der Waals surface area contributed by atoms with Crippen molar-refractivity contribution in [2.45, 2.75) is 13.3 Å². The zero-order chi connectivity index (χ0) is 16.5. The van der Waals surface area contributed by atoms with Gasteiger partial charge in [0.25, 0.3) is 0 Å². The quantitative estimate of drug-likeness (QED) is 0.333. The summed E-state index contributed by atoms with van der Waals surface area (Å²) in [6, 6.07) is 8.03. The van der Waals surface area contributed by atoms with Crippen LogP contribution in [0.3, 0.4) is 0 Å². The second kappa shape index (κ2) is 9.97. The van der Waals surface area contributed by atoms with E-state index in [0.717, 1.165) is 61.6 Å². The number of nitrogens with one attached hydrogen (secondary N) is 2. The van der Waals surface area contributed by atoms with Gasteiger partial charge in [-0.15, -0.1) is 0 Å². The molecule has 23 heavy (non-hydrogen) atoms. The molecule has 2 N–H and O–H groups in total. The zero-order valence-corrected chi connectivity index (χ0v) is 15.8. The summed E-state index contributed by atoms with van der Waals surface area (Å²) in [5.41, 5.74) is 4.86. The highest BCUT2D eigenvalue weighted by Gasteiger charge is 2.09. The summed E-state index contributed by atoms with van der Waals surface area (Å²) < 4.78 is 6.39. The molecule has 1 aromatic carbocycles. The number of hydrazone groups is 1. The molecule has 1 fully saturated rings. The first-order valence-electron chi connectivity index (χ1n) is 7.79. The molecular weight excluding hydrogens is 376 g/mol. The van der Waals surface area contributed by atoms with Crippen LogP contribution in [-0.4, -0.2) is 55.1 Å². The van der Waals surface area contributed by atoms with Crippen LogP contribution in [-0.2, 0) is 4.74 Å². The van der Waals surface area contributed by atoms with Crippen molar-refractivity contribution < 1.29 is 4.74 Å². The lowest BCUT2D eigenvalue weighted by Gasteiger charge is -2.26. The van der Waals surface area contributed by atoms with Crippen LogP contribution in [0.25, 0.3) is 0 Å². The summed E-state index contributed by atoms with van der Waals surface area (Å²) in [4.78, 5) is 2.41. The topological polar surface area (TPSA) is 48.9 Å². The van der Waals surface area contributed by atoms with Crippen molar-refractivity contribution in [3.8, 4) is 0 Å². The van der Waals surface area contributed by atoms with Crippen LogP contribution in [0.15, 0.2) is 33.8 Å². The molecule has 7 heteroatoms. The molecule has 0 bridgehead atoms. The van der Waals surface area contributed by atoms with Crippen molar-refractivity contribution in [1.82, 2.24) is 15.6 Å². The standard InChI is InChI=1S/C16H23BrN4OS/c1-13(14-3-5-15(17)6-4-14)19-20-16(23)18-7-2-8-21-9-11-22-12-10-21/h3-6H,2,7-12H2,1H3,(H2,18,20,23)/b19-13-. The van der Waals surface area contributed by atoms with Crippen molar-refractivity contribution in [3.05, 3.63) is 34.3 Å². The van der Waals surface area contributed by atoms with Crippen LogP contribution in [0.4, 0.5) is 0 Å². The molecule has 1 aliphatic heterocycles. The lowest BCUT2D eigenvalue weighted by Crippen LogP contribution is -2.39. The van der Waals surface area contributed by atoms with E-state index < -0.39 is 0 Å². The lowest BCUT2D eigenvalue weighted by atomic mass is 10.1. The Kier molecular flexibility index (Phi) is 7.94. The largest absolute Gasteiger partial charge is 0.379 e. The third kappa shape index (κ3) is 6.95. The van der Waals surface area contributed by atoms with Crippen LogP contribution in [0.5, 0.6) is 0 Å². The highest BCUT2D eigenvalue weighted by Crippen LogP contribution is 2.10. The monoisotopic (exact) mass is 398 g/mol. The number of rotatable bonds is 6. The molecule has 0 amide bonds. The van der Waals surface area contributed by atoms with Crippen molar-refractivity contribution in [1.29, 1.82) is 0 Å². The maximum atomic E-state index is 5.34. The molecule has 1 saturated heterocycles. The number of morpholine rings is 1. The van der Waals surface area contributed by atoms with Gasteiger partial charge in [-0.05, 0) is 49.8 Å². The van der Waals surface area contributed by atoms with Crippen LogP contribution >= 0.6 is 28.1 Å². The van der Waals surface area contributed by atoms with Crippen molar-refractivity contribution in [2.75, 3.05) is 39.4 Å². The van der Waals surface area contributed by atoms with E-state index in [9.17, 15) is 0 Å². The van der Waals surface area contributed by atoms with E-state index in [4.69, 9.17) is 17.0 Å².